The zero-order valence-corrected chi connectivity index (χ0v) is 29.1. The van der Waals surface area contributed by atoms with Gasteiger partial charge in [-0.3, -0.25) is 13.9 Å². The van der Waals surface area contributed by atoms with Crippen LogP contribution in [0.4, 0.5) is 5.69 Å². The van der Waals surface area contributed by atoms with Crippen molar-refractivity contribution in [3.05, 3.63) is 123 Å². The van der Waals surface area contributed by atoms with E-state index in [1.54, 1.807) is 42.5 Å². The van der Waals surface area contributed by atoms with E-state index in [9.17, 15) is 18.0 Å². The molecule has 0 bridgehead atoms. The van der Waals surface area contributed by atoms with Crippen molar-refractivity contribution in [3.8, 4) is 5.75 Å². The third kappa shape index (κ3) is 9.64. The zero-order valence-electron chi connectivity index (χ0n) is 26.0. The predicted molar refractivity (Wildman–Crippen MR) is 188 cm³/mol. The lowest BCUT2D eigenvalue weighted by Gasteiger charge is -2.34. The van der Waals surface area contributed by atoms with Crippen LogP contribution in [-0.4, -0.2) is 50.9 Å². The molecule has 0 saturated carbocycles. The highest BCUT2D eigenvalue weighted by molar-refractivity contribution is 7.92. The summed E-state index contributed by atoms with van der Waals surface area (Å²) in [6.07, 6.45) is 0.867. The standard InChI is InChI=1S/C35H36Cl3N3O5S/c1-3-20-39-35(43)33(21-25-8-6-5-7-9-25)40(23-26-10-11-28(37)22-32(26)38)34(42)24-41(29-14-16-30(17-15-29)46-4-2)47(44,45)31-18-12-27(36)13-19-31/h5-19,22,33H,3-4,20-21,23-24H2,1-2H3,(H,39,43)/t33-/m1/s1. The molecular formula is C35H36Cl3N3O5S. The quantitative estimate of drug-likeness (QED) is 0.138. The molecule has 0 aromatic heterocycles. The first-order chi connectivity index (χ1) is 22.5. The van der Waals surface area contributed by atoms with Crippen molar-refractivity contribution in [1.82, 2.24) is 10.2 Å². The number of nitrogens with zero attached hydrogens (tertiary/aromatic N) is 2. The van der Waals surface area contributed by atoms with E-state index < -0.39 is 28.5 Å². The number of anilines is 1. The van der Waals surface area contributed by atoms with Gasteiger partial charge in [0.2, 0.25) is 11.8 Å². The molecule has 0 aliphatic carbocycles. The molecule has 12 heteroatoms. The van der Waals surface area contributed by atoms with E-state index in [2.05, 4.69) is 5.32 Å². The van der Waals surface area contributed by atoms with E-state index in [1.807, 2.05) is 44.2 Å². The van der Waals surface area contributed by atoms with Crippen LogP contribution in [-0.2, 0) is 32.6 Å². The molecule has 0 fully saturated rings. The highest BCUT2D eigenvalue weighted by Crippen LogP contribution is 2.29. The Hall–Kier alpha value is -3.76. The Morgan fingerprint density at radius 2 is 1.51 bits per heavy atom. The van der Waals surface area contributed by atoms with Gasteiger partial charge in [-0.2, -0.15) is 0 Å². The average Bonchev–Trinajstić information content (AvgIpc) is 3.06. The van der Waals surface area contributed by atoms with Gasteiger partial charge in [0.05, 0.1) is 17.2 Å². The Morgan fingerprint density at radius 1 is 0.851 bits per heavy atom. The molecule has 4 rings (SSSR count). The summed E-state index contributed by atoms with van der Waals surface area (Å²) in [7, 11) is -4.29. The van der Waals surface area contributed by atoms with Crippen LogP contribution in [0.3, 0.4) is 0 Å². The van der Waals surface area contributed by atoms with Gasteiger partial charge in [-0.1, -0.05) is 78.1 Å². The van der Waals surface area contributed by atoms with Gasteiger partial charge >= 0.3 is 0 Å². The second kappa shape index (κ2) is 16.9. The molecule has 0 spiro atoms. The van der Waals surface area contributed by atoms with Crippen LogP contribution in [0.1, 0.15) is 31.4 Å². The maximum atomic E-state index is 14.5. The summed E-state index contributed by atoms with van der Waals surface area (Å²) in [4.78, 5) is 29.6. The number of rotatable bonds is 15. The first-order valence-electron chi connectivity index (χ1n) is 15.1. The monoisotopic (exact) mass is 715 g/mol. The molecule has 47 heavy (non-hydrogen) atoms. The smallest absolute Gasteiger partial charge is 0.264 e. The van der Waals surface area contributed by atoms with Crippen LogP contribution in [0.5, 0.6) is 5.75 Å². The second-order valence-corrected chi connectivity index (χ2v) is 13.8. The predicted octanol–water partition coefficient (Wildman–Crippen LogP) is 7.41. The molecule has 0 aliphatic rings. The zero-order chi connectivity index (χ0) is 34.0. The largest absolute Gasteiger partial charge is 0.494 e. The van der Waals surface area contributed by atoms with Crippen molar-refractivity contribution in [1.29, 1.82) is 0 Å². The fourth-order valence-electron chi connectivity index (χ4n) is 4.89. The van der Waals surface area contributed by atoms with Crippen LogP contribution in [0.15, 0.2) is 102 Å². The highest BCUT2D eigenvalue weighted by Gasteiger charge is 2.35. The van der Waals surface area contributed by atoms with Crippen molar-refractivity contribution in [2.45, 2.75) is 44.2 Å². The first kappa shape index (κ1) is 36.1. The van der Waals surface area contributed by atoms with Crippen LogP contribution in [0.25, 0.3) is 0 Å². The molecule has 0 unspecified atom stereocenters. The molecule has 2 amide bonds. The van der Waals surface area contributed by atoms with E-state index in [4.69, 9.17) is 39.5 Å². The van der Waals surface area contributed by atoms with E-state index in [0.717, 1.165) is 9.87 Å². The Kier molecular flexibility index (Phi) is 13.0. The second-order valence-electron chi connectivity index (χ2n) is 10.6. The lowest BCUT2D eigenvalue weighted by molar-refractivity contribution is -0.140. The SMILES string of the molecule is CCCNC(=O)[C@@H](Cc1ccccc1)N(Cc1ccc(Cl)cc1Cl)C(=O)CN(c1ccc(OCC)cc1)S(=O)(=O)c1ccc(Cl)cc1. The number of hydrogen-bond acceptors (Lipinski definition) is 5. The number of hydrogen-bond donors (Lipinski definition) is 1. The molecule has 1 N–H and O–H groups in total. The molecule has 1 atom stereocenters. The first-order valence-corrected chi connectivity index (χ1v) is 17.7. The van der Waals surface area contributed by atoms with Gasteiger partial charge < -0.3 is 15.0 Å². The third-order valence-electron chi connectivity index (χ3n) is 7.29. The number of nitrogens with one attached hydrogen (secondary N) is 1. The van der Waals surface area contributed by atoms with Crippen molar-refractivity contribution in [3.63, 3.8) is 0 Å². The summed E-state index contributed by atoms with van der Waals surface area (Å²) >= 11 is 18.8. The molecule has 4 aromatic carbocycles. The Bertz CT molecular complexity index is 1760. The molecule has 0 aliphatic heterocycles. The fraction of sp³-hybridized carbons (Fsp3) is 0.257. The number of carbonyl (C=O) groups excluding carboxylic acids is 2. The van der Waals surface area contributed by atoms with Crippen molar-refractivity contribution in [2.75, 3.05) is 24.0 Å². The Labute approximate surface area is 291 Å². The molecule has 4 aromatic rings. The van der Waals surface area contributed by atoms with Gasteiger partial charge in [-0.15, -0.1) is 0 Å². The van der Waals surface area contributed by atoms with Crippen LogP contribution in [0.2, 0.25) is 15.1 Å². The van der Waals surface area contributed by atoms with Crippen LogP contribution in [0, 0.1) is 0 Å². The van der Waals surface area contributed by atoms with Crippen molar-refractivity contribution >= 4 is 62.3 Å². The van der Waals surface area contributed by atoms with Gasteiger partial charge in [0.25, 0.3) is 10.0 Å². The van der Waals surface area contributed by atoms with Crippen LogP contribution >= 0.6 is 34.8 Å². The summed E-state index contributed by atoms with van der Waals surface area (Å²) in [6.45, 7) is 3.90. The van der Waals surface area contributed by atoms with Gasteiger partial charge in [0, 0.05) is 34.6 Å². The maximum Gasteiger partial charge on any atom is 0.264 e. The van der Waals surface area contributed by atoms with Crippen LogP contribution < -0.4 is 14.4 Å². The maximum absolute atomic E-state index is 14.5. The third-order valence-corrected chi connectivity index (χ3v) is 9.92. The van der Waals surface area contributed by atoms with E-state index >= 15 is 0 Å². The molecule has 8 nitrogen and oxygen atoms in total. The van der Waals surface area contributed by atoms with Gasteiger partial charge in [-0.25, -0.2) is 8.42 Å². The highest BCUT2D eigenvalue weighted by atomic mass is 35.5. The molecule has 0 radical (unpaired) electrons. The molecule has 248 valence electrons. The number of sulfonamides is 1. The summed E-state index contributed by atoms with van der Waals surface area (Å²) in [5.74, 6) is -0.446. The topological polar surface area (TPSA) is 96.0 Å². The van der Waals surface area contributed by atoms with E-state index in [1.165, 1.54) is 29.2 Å². The summed E-state index contributed by atoms with van der Waals surface area (Å²) < 4.78 is 34.9. The minimum atomic E-state index is -4.29. The molecular weight excluding hydrogens is 681 g/mol. The number of amides is 2. The minimum absolute atomic E-state index is 0.0580. The van der Waals surface area contributed by atoms with E-state index in [-0.39, 0.29) is 29.5 Å². The Morgan fingerprint density at radius 3 is 2.13 bits per heavy atom. The summed E-state index contributed by atoms with van der Waals surface area (Å²) in [5.41, 5.74) is 1.59. The number of halogens is 3. The van der Waals surface area contributed by atoms with Crippen molar-refractivity contribution < 1.29 is 22.7 Å². The summed E-state index contributed by atoms with van der Waals surface area (Å²) in [5, 5.41) is 3.99. The van der Waals surface area contributed by atoms with E-state index in [0.29, 0.717) is 46.0 Å². The molecule has 0 heterocycles. The fourth-order valence-corrected chi connectivity index (χ4v) is 6.90. The number of benzene rings is 4. The Balaban J connectivity index is 1.81. The van der Waals surface area contributed by atoms with Crippen molar-refractivity contribution in [2.24, 2.45) is 0 Å². The lowest BCUT2D eigenvalue weighted by atomic mass is 10.0. The number of carbonyl (C=O) groups is 2. The normalized spacial score (nSPS) is 11.9. The number of ether oxygens (including phenoxy) is 1. The average molecular weight is 717 g/mol. The van der Waals surface area contributed by atoms with Gasteiger partial charge in [0.1, 0.15) is 18.3 Å². The lowest BCUT2D eigenvalue weighted by Crippen LogP contribution is -2.53. The summed E-state index contributed by atoms with van der Waals surface area (Å²) in [6, 6.07) is 25.3. The molecule has 0 saturated heterocycles. The van der Waals surface area contributed by atoms with Gasteiger partial charge in [-0.05, 0) is 85.1 Å². The van der Waals surface area contributed by atoms with Gasteiger partial charge in [0.15, 0.2) is 0 Å². The minimum Gasteiger partial charge on any atom is -0.494 e.